The highest BCUT2D eigenvalue weighted by atomic mass is 32.2. The molecule has 0 bridgehead atoms. The molecule has 21 heavy (non-hydrogen) atoms. The summed E-state index contributed by atoms with van der Waals surface area (Å²) >= 11 is 0. The molecule has 1 fully saturated rings. The number of hydrogen-bond acceptors (Lipinski definition) is 3. The standard InChI is InChI=1S/C15H23FN2O2S/c1-4-13-10-18(14(5-2)9-17-13)21(19,20)15-7-6-12(16)8-11(15)3/h6-8,13-14,17H,4-5,9-10H2,1-3H3. The first-order valence-electron chi connectivity index (χ1n) is 7.41. The van der Waals surface area contributed by atoms with Gasteiger partial charge in [-0.3, -0.25) is 0 Å². The molecule has 118 valence electrons. The summed E-state index contributed by atoms with van der Waals surface area (Å²) in [5.41, 5.74) is 0.455. The first-order chi connectivity index (χ1) is 9.90. The zero-order chi connectivity index (χ0) is 15.6. The van der Waals surface area contributed by atoms with E-state index in [0.29, 0.717) is 18.7 Å². The Bertz CT molecular complexity index is 604. The lowest BCUT2D eigenvalue weighted by atomic mass is 10.1. The molecule has 1 heterocycles. The van der Waals surface area contributed by atoms with E-state index in [2.05, 4.69) is 5.32 Å². The quantitative estimate of drug-likeness (QED) is 0.927. The molecular weight excluding hydrogens is 291 g/mol. The zero-order valence-electron chi connectivity index (χ0n) is 12.8. The highest BCUT2D eigenvalue weighted by Crippen LogP contribution is 2.25. The number of sulfonamides is 1. The smallest absolute Gasteiger partial charge is 0.243 e. The van der Waals surface area contributed by atoms with Crippen LogP contribution in [0.15, 0.2) is 23.1 Å². The molecule has 6 heteroatoms. The third-order valence-electron chi connectivity index (χ3n) is 4.14. The molecule has 0 aliphatic carbocycles. The average Bonchev–Trinajstić information content (AvgIpc) is 2.46. The van der Waals surface area contributed by atoms with E-state index in [-0.39, 0.29) is 17.0 Å². The van der Waals surface area contributed by atoms with Crippen molar-refractivity contribution in [1.29, 1.82) is 0 Å². The van der Waals surface area contributed by atoms with Crippen molar-refractivity contribution in [2.24, 2.45) is 0 Å². The van der Waals surface area contributed by atoms with E-state index in [4.69, 9.17) is 0 Å². The van der Waals surface area contributed by atoms with Crippen LogP contribution in [0.25, 0.3) is 0 Å². The Labute approximate surface area is 126 Å². The maximum Gasteiger partial charge on any atom is 0.243 e. The summed E-state index contributed by atoms with van der Waals surface area (Å²) < 4.78 is 40.7. The van der Waals surface area contributed by atoms with E-state index in [1.54, 1.807) is 11.2 Å². The summed E-state index contributed by atoms with van der Waals surface area (Å²) in [5, 5.41) is 3.38. The van der Waals surface area contributed by atoms with Gasteiger partial charge in [0.15, 0.2) is 0 Å². The van der Waals surface area contributed by atoms with E-state index in [0.717, 1.165) is 12.8 Å². The first kappa shape index (κ1) is 16.4. The van der Waals surface area contributed by atoms with Crippen LogP contribution in [-0.2, 0) is 10.0 Å². The Hall–Kier alpha value is -0.980. The largest absolute Gasteiger partial charge is 0.311 e. The Morgan fingerprint density at radius 2 is 2.05 bits per heavy atom. The molecule has 0 amide bonds. The van der Waals surface area contributed by atoms with Gasteiger partial charge in [0.2, 0.25) is 10.0 Å². The topological polar surface area (TPSA) is 49.4 Å². The number of nitrogens with one attached hydrogen (secondary N) is 1. The summed E-state index contributed by atoms with van der Waals surface area (Å²) in [6.45, 7) is 6.79. The molecule has 1 aromatic rings. The molecule has 1 saturated heterocycles. The molecule has 4 nitrogen and oxygen atoms in total. The van der Waals surface area contributed by atoms with Crippen LogP contribution in [0, 0.1) is 12.7 Å². The van der Waals surface area contributed by atoms with Crippen LogP contribution in [0.1, 0.15) is 32.3 Å². The minimum absolute atomic E-state index is 0.0535. The number of benzene rings is 1. The van der Waals surface area contributed by atoms with E-state index < -0.39 is 15.8 Å². The fraction of sp³-hybridized carbons (Fsp3) is 0.600. The normalized spacial score (nSPS) is 24.2. The second kappa shape index (κ2) is 6.42. The summed E-state index contributed by atoms with van der Waals surface area (Å²) in [7, 11) is -3.59. The average molecular weight is 314 g/mol. The van der Waals surface area contributed by atoms with Gasteiger partial charge in [0.05, 0.1) is 4.90 Å². The molecule has 1 aliphatic rings. The van der Waals surface area contributed by atoms with E-state index in [1.165, 1.54) is 18.2 Å². The summed E-state index contributed by atoms with van der Waals surface area (Å²) in [6, 6.07) is 3.97. The van der Waals surface area contributed by atoms with Crippen LogP contribution in [0.3, 0.4) is 0 Å². The Balaban J connectivity index is 2.40. The van der Waals surface area contributed by atoms with E-state index in [1.807, 2.05) is 13.8 Å². The van der Waals surface area contributed by atoms with Crippen molar-refractivity contribution in [3.05, 3.63) is 29.6 Å². The second-order valence-corrected chi connectivity index (χ2v) is 7.42. The molecule has 2 rings (SSSR count). The minimum atomic E-state index is -3.59. The lowest BCUT2D eigenvalue weighted by molar-refractivity contribution is 0.215. The third kappa shape index (κ3) is 3.27. The highest BCUT2D eigenvalue weighted by Gasteiger charge is 2.36. The van der Waals surface area contributed by atoms with Crippen molar-refractivity contribution in [2.75, 3.05) is 13.1 Å². The van der Waals surface area contributed by atoms with Crippen LogP contribution in [0.5, 0.6) is 0 Å². The van der Waals surface area contributed by atoms with Crippen molar-refractivity contribution in [1.82, 2.24) is 9.62 Å². The van der Waals surface area contributed by atoms with Crippen LogP contribution >= 0.6 is 0 Å². The van der Waals surface area contributed by atoms with Crippen molar-refractivity contribution in [3.8, 4) is 0 Å². The SMILES string of the molecule is CCC1CN(S(=O)(=O)c2ccc(F)cc2C)C(CC)CN1. The molecule has 0 saturated carbocycles. The van der Waals surface area contributed by atoms with Crippen molar-refractivity contribution in [3.63, 3.8) is 0 Å². The molecule has 0 spiro atoms. The molecule has 2 unspecified atom stereocenters. The van der Waals surface area contributed by atoms with Gasteiger partial charge in [-0.2, -0.15) is 4.31 Å². The number of nitrogens with zero attached hydrogens (tertiary/aromatic N) is 1. The monoisotopic (exact) mass is 314 g/mol. The number of halogens is 1. The Kier molecular flexibility index (Phi) is 5.01. The van der Waals surface area contributed by atoms with Crippen molar-refractivity contribution in [2.45, 2.75) is 50.6 Å². The fourth-order valence-corrected chi connectivity index (χ4v) is 4.73. The molecule has 1 N–H and O–H groups in total. The van der Waals surface area contributed by atoms with Crippen molar-refractivity contribution < 1.29 is 12.8 Å². The Morgan fingerprint density at radius 3 is 2.62 bits per heavy atom. The minimum Gasteiger partial charge on any atom is -0.311 e. The van der Waals surface area contributed by atoms with Gasteiger partial charge in [0.1, 0.15) is 5.82 Å². The van der Waals surface area contributed by atoms with Gasteiger partial charge in [0.25, 0.3) is 0 Å². The summed E-state index contributed by atoms with van der Waals surface area (Å²) in [6.07, 6.45) is 1.63. The number of aryl methyl sites for hydroxylation is 1. The van der Waals surface area contributed by atoms with Gasteiger partial charge in [-0.25, -0.2) is 12.8 Å². The molecule has 0 radical (unpaired) electrons. The molecule has 0 aromatic heterocycles. The predicted molar refractivity (Wildman–Crippen MR) is 81.2 cm³/mol. The predicted octanol–water partition coefficient (Wildman–Crippen LogP) is 2.29. The molecular formula is C15H23FN2O2S. The zero-order valence-corrected chi connectivity index (χ0v) is 13.6. The molecule has 1 aliphatic heterocycles. The van der Waals surface area contributed by atoms with Gasteiger partial charge in [0, 0.05) is 25.2 Å². The Morgan fingerprint density at radius 1 is 1.33 bits per heavy atom. The number of hydrogen-bond donors (Lipinski definition) is 1. The van der Waals surface area contributed by atoms with Gasteiger partial charge < -0.3 is 5.32 Å². The second-order valence-electron chi connectivity index (χ2n) is 5.56. The van der Waals surface area contributed by atoms with Crippen LogP contribution in [0.2, 0.25) is 0 Å². The van der Waals surface area contributed by atoms with Gasteiger partial charge in [-0.15, -0.1) is 0 Å². The number of rotatable bonds is 4. The van der Waals surface area contributed by atoms with Gasteiger partial charge in [-0.05, 0) is 43.5 Å². The molecule has 1 aromatic carbocycles. The molecule has 2 atom stereocenters. The summed E-state index contributed by atoms with van der Waals surface area (Å²) in [4.78, 5) is 0.208. The van der Waals surface area contributed by atoms with Crippen LogP contribution < -0.4 is 5.32 Å². The highest BCUT2D eigenvalue weighted by molar-refractivity contribution is 7.89. The maximum atomic E-state index is 13.2. The maximum absolute atomic E-state index is 13.2. The third-order valence-corrected chi connectivity index (χ3v) is 6.22. The lowest BCUT2D eigenvalue weighted by Gasteiger charge is -2.39. The van der Waals surface area contributed by atoms with E-state index >= 15 is 0 Å². The van der Waals surface area contributed by atoms with Gasteiger partial charge in [-0.1, -0.05) is 13.8 Å². The van der Waals surface area contributed by atoms with Crippen LogP contribution in [-0.4, -0.2) is 37.9 Å². The van der Waals surface area contributed by atoms with Crippen molar-refractivity contribution >= 4 is 10.0 Å². The van der Waals surface area contributed by atoms with Crippen LogP contribution in [0.4, 0.5) is 4.39 Å². The fourth-order valence-electron chi connectivity index (χ4n) is 2.78. The lowest BCUT2D eigenvalue weighted by Crippen LogP contribution is -2.57. The van der Waals surface area contributed by atoms with E-state index in [9.17, 15) is 12.8 Å². The van der Waals surface area contributed by atoms with Gasteiger partial charge >= 0.3 is 0 Å². The first-order valence-corrected chi connectivity index (χ1v) is 8.85. The summed E-state index contributed by atoms with van der Waals surface area (Å²) in [5.74, 6) is -0.412. The number of piperazine rings is 1.